The fourth-order valence-electron chi connectivity index (χ4n) is 1.56. The highest BCUT2D eigenvalue weighted by atomic mass is 79.9. The van der Waals surface area contributed by atoms with Crippen LogP contribution in [-0.4, -0.2) is 4.98 Å². The summed E-state index contributed by atoms with van der Waals surface area (Å²) in [6.07, 6.45) is 1.09. The first kappa shape index (κ1) is 8.82. The average molecular weight is 238 g/mol. The van der Waals surface area contributed by atoms with Crippen molar-refractivity contribution in [2.75, 3.05) is 0 Å². The second-order valence-electron chi connectivity index (χ2n) is 3.30. The van der Waals surface area contributed by atoms with Crippen molar-refractivity contribution in [1.29, 1.82) is 0 Å². The summed E-state index contributed by atoms with van der Waals surface area (Å²) < 4.78 is 1.19. The van der Waals surface area contributed by atoms with E-state index in [4.69, 9.17) is 0 Å². The molecule has 0 atom stereocenters. The Labute approximate surface area is 86.3 Å². The Morgan fingerprint density at radius 3 is 2.85 bits per heavy atom. The number of aryl methyl sites for hydroxylation is 2. The van der Waals surface area contributed by atoms with Gasteiger partial charge < -0.3 is 4.98 Å². The monoisotopic (exact) mass is 237 g/mol. The van der Waals surface area contributed by atoms with Crippen LogP contribution in [0.2, 0.25) is 0 Å². The molecular weight excluding hydrogens is 226 g/mol. The second-order valence-corrected chi connectivity index (χ2v) is 4.09. The molecule has 13 heavy (non-hydrogen) atoms. The molecule has 0 bridgehead atoms. The zero-order chi connectivity index (χ0) is 9.42. The van der Waals surface area contributed by atoms with E-state index in [1.807, 2.05) is 0 Å². The van der Waals surface area contributed by atoms with Gasteiger partial charge >= 0.3 is 0 Å². The molecule has 2 heteroatoms. The highest BCUT2D eigenvalue weighted by Gasteiger charge is 2.04. The van der Waals surface area contributed by atoms with E-state index in [2.05, 4.69) is 53.0 Å². The normalized spacial score (nSPS) is 11.0. The number of fused-ring (bicyclic) bond motifs is 1. The van der Waals surface area contributed by atoms with Gasteiger partial charge in [-0.25, -0.2) is 0 Å². The summed E-state index contributed by atoms with van der Waals surface area (Å²) in [6, 6.07) is 6.56. The lowest BCUT2D eigenvalue weighted by molar-refractivity contribution is 1.15. The number of hydrogen-bond donors (Lipinski definition) is 1. The minimum absolute atomic E-state index is 1.09. The van der Waals surface area contributed by atoms with Gasteiger partial charge in [-0.05, 0) is 47.0 Å². The lowest BCUT2D eigenvalue weighted by Gasteiger charge is -1.96. The fourth-order valence-corrected chi connectivity index (χ4v) is 1.99. The number of aromatic nitrogens is 1. The van der Waals surface area contributed by atoms with Crippen molar-refractivity contribution in [3.63, 3.8) is 0 Å². The summed E-state index contributed by atoms with van der Waals surface area (Å²) in [5.41, 5.74) is 3.79. The highest BCUT2D eigenvalue weighted by Crippen LogP contribution is 2.28. The standard InChI is InChI=1S/C11H12BrN/c1-3-8-4-5-10-9(6-8)11(12)7(2)13-10/h4-6,13H,3H2,1-2H3. The van der Waals surface area contributed by atoms with Crippen LogP contribution in [-0.2, 0) is 6.42 Å². The quantitative estimate of drug-likeness (QED) is 0.777. The maximum absolute atomic E-state index is 3.58. The van der Waals surface area contributed by atoms with E-state index in [1.165, 1.54) is 26.6 Å². The van der Waals surface area contributed by atoms with Crippen LogP contribution in [0.5, 0.6) is 0 Å². The molecule has 0 saturated carbocycles. The van der Waals surface area contributed by atoms with Crippen molar-refractivity contribution >= 4 is 26.8 Å². The van der Waals surface area contributed by atoms with Crippen LogP contribution in [0.1, 0.15) is 18.2 Å². The molecule has 0 fully saturated rings. The number of rotatable bonds is 1. The summed E-state index contributed by atoms with van der Waals surface area (Å²) in [5.74, 6) is 0. The maximum Gasteiger partial charge on any atom is 0.0467 e. The molecule has 0 aliphatic heterocycles. The Balaban J connectivity index is 2.75. The summed E-state index contributed by atoms with van der Waals surface area (Å²) in [6.45, 7) is 4.25. The molecule has 2 aromatic rings. The van der Waals surface area contributed by atoms with Gasteiger partial charge in [-0.2, -0.15) is 0 Å². The molecule has 1 nitrogen and oxygen atoms in total. The number of aromatic amines is 1. The van der Waals surface area contributed by atoms with Gasteiger partial charge in [-0.15, -0.1) is 0 Å². The van der Waals surface area contributed by atoms with Crippen molar-refractivity contribution < 1.29 is 0 Å². The molecule has 1 heterocycles. The van der Waals surface area contributed by atoms with Gasteiger partial charge in [0.1, 0.15) is 0 Å². The van der Waals surface area contributed by atoms with Gasteiger partial charge in [0.15, 0.2) is 0 Å². The molecule has 0 amide bonds. The van der Waals surface area contributed by atoms with Crippen LogP contribution in [0.3, 0.4) is 0 Å². The lowest BCUT2D eigenvalue weighted by Crippen LogP contribution is -1.77. The van der Waals surface area contributed by atoms with Crippen molar-refractivity contribution in [2.45, 2.75) is 20.3 Å². The van der Waals surface area contributed by atoms with E-state index in [1.54, 1.807) is 0 Å². The van der Waals surface area contributed by atoms with Gasteiger partial charge in [0.05, 0.1) is 0 Å². The Kier molecular flexibility index (Phi) is 2.16. The van der Waals surface area contributed by atoms with Crippen LogP contribution < -0.4 is 0 Å². The number of nitrogens with one attached hydrogen (secondary N) is 1. The predicted molar refractivity (Wildman–Crippen MR) is 60.1 cm³/mol. The SMILES string of the molecule is CCc1ccc2[nH]c(C)c(Br)c2c1. The third-order valence-electron chi connectivity index (χ3n) is 2.38. The fraction of sp³-hybridized carbons (Fsp3) is 0.273. The van der Waals surface area contributed by atoms with Crippen LogP contribution in [0.4, 0.5) is 0 Å². The average Bonchev–Trinajstić information content (AvgIpc) is 2.43. The minimum Gasteiger partial charge on any atom is -0.358 e. The van der Waals surface area contributed by atoms with E-state index in [9.17, 15) is 0 Å². The van der Waals surface area contributed by atoms with Gasteiger partial charge in [0, 0.05) is 21.1 Å². The van der Waals surface area contributed by atoms with E-state index in [-0.39, 0.29) is 0 Å². The van der Waals surface area contributed by atoms with E-state index < -0.39 is 0 Å². The van der Waals surface area contributed by atoms with Crippen LogP contribution in [0.15, 0.2) is 22.7 Å². The minimum atomic E-state index is 1.09. The maximum atomic E-state index is 3.58. The third kappa shape index (κ3) is 1.39. The molecule has 2 rings (SSSR count). The van der Waals surface area contributed by atoms with Crippen molar-refractivity contribution in [3.8, 4) is 0 Å². The molecule has 1 N–H and O–H groups in total. The molecule has 68 valence electrons. The zero-order valence-corrected chi connectivity index (χ0v) is 9.40. The smallest absolute Gasteiger partial charge is 0.0467 e. The molecule has 0 spiro atoms. The zero-order valence-electron chi connectivity index (χ0n) is 7.82. The summed E-state index contributed by atoms with van der Waals surface area (Å²) in [5, 5.41) is 1.29. The third-order valence-corrected chi connectivity index (χ3v) is 3.40. The lowest BCUT2D eigenvalue weighted by atomic mass is 10.1. The molecule has 0 aliphatic rings. The molecule has 1 aromatic carbocycles. The predicted octanol–water partition coefficient (Wildman–Crippen LogP) is 3.80. The summed E-state index contributed by atoms with van der Waals surface area (Å²) in [7, 11) is 0. The number of hydrogen-bond acceptors (Lipinski definition) is 0. The topological polar surface area (TPSA) is 15.8 Å². The highest BCUT2D eigenvalue weighted by molar-refractivity contribution is 9.10. The molecule has 0 radical (unpaired) electrons. The first-order chi connectivity index (χ1) is 6.22. The molecule has 0 aliphatic carbocycles. The van der Waals surface area contributed by atoms with E-state index >= 15 is 0 Å². The summed E-state index contributed by atoms with van der Waals surface area (Å²) in [4.78, 5) is 3.33. The number of H-pyrrole nitrogens is 1. The molecule has 1 aromatic heterocycles. The first-order valence-corrected chi connectivity index (χ1v) is 5.28. The van der Waals surface area contributed by atoms with Gasteiger partial charge in [0.2, 0.25) is 0 Å². The van der Waals surface area contributed by atoms with Crippen LogP contribution in [0, 0.1) is 6.92 Å². The summed E-state index contributed by atoms with van der Waals surface area (Å²) >= 11 is 3.58. The van der Waals surface area contributed by atoms with Crippen molar-refractivity contribution in [2.24, 2.45) is 0 Å². The van der Waals surface area contributed by atoms with E-state index in [0.29, 0.717) is 0 Å². The molecule has 0 unspecified atom stereocenters. The van der Waals surface area contributed by atoms with Crippen molar-refractivity contribution in [3.05, 3.63) is 33.9 Å². The molecular formula is C11H12BrN. The number of halogens is 1. The second kappa shape index (κ2) is 3.18. The molecule has 0 saturated heterocycles. The van der Waals surface area contributed by atoms with Gasteiger partial charge in [0.25, 0.3) is 0 Å². The van der Waals surface area contributed by atoms with E-state index in [0.717, 1.165) is 6.42 Å². The Hall–Kier alpha value is -0.760. The van der Waals surface area contributed by atoms with Gasteiger partial charge in [-0.1, -0.05) is 13.0 Å². The number of benzene rings is 1. The Morgan fingerprint density at radius 2 is 2.15 bits per heavy atom. The Bertz CT molecular complexity index is 443. The van der Waals surface area contributed by atoms with Crippen LogP contribution in [0.25, 0.3) is 10.9 Å². The van der Waals surface area contributed by atoms with Crippen LogP contribution >= 0.6 is 15.9 Å². The van der Waals surface area contributed by atoms with Crippen molar-refractivity contribution in [1.82, 2.24) is 4.98 Å². The first-order valence-electron chi connectivity index (χ1n) is 4.49. The Morgan fingerprint density at radius 1 is 1.38 bits per heavy atom. The van der Waals surface area contributed by atoms with Gasteiger partial charge in [-0.3, -0.25) is 0 Å². The largest absolute Gasteiger partial charge is 0.358 e.